The number of anilines is 2. The van der Waals surface area contributed by atoms with E-state index in [1.54, 1.807) is 10.2 Å². The van der Waals surface area contributed by atoms with Gasteiger partial charge in [-0.25, -0.2) is 0 Å². The molecule has 6 heteroatoms. The largest absolute Gasteiger partial charge is 0.327 e. The summed E-state index contributed by atoms with van der Waals surface area (Å²) in [5.74, 6) is 0. The van der Waals surface area contributed by atoms with Crippen LogP contribution in [0, 0.1) is 6.92 Å². The molecule has 0 aliphatic heterocycles. The van der Waals surface area contributed by atoms with Crippen LogP contribution in [-0.4, -0.2) is 20.0 Å². The van der Waals surface area contributed by atoms with Crippen molar-refractivity contribution in [3.8, 4) is 0 Å². The summed E-state index contributed by atoms with van der Waals surface area (Å²) in [5, 5.41) is 15.7. The van der Waals surface area contributed by atoms with Crippen molar-refractivity contribution in [1.82, 2.24) is 20.0 Å². The van der Waals surface area contributed by atoms with E-state index in [0.717, 1.165) is 16.5 Å². The van der Waals surface area contributed by atoms with Crippen molar-refractivity contribution < 1.29 is 0 Å². The molecule has 0 radical (unpaired) electrons. The van der Waals surface area contributed by atoms with E-state index in [-0.39, 0.29) is 0 Å². The van der Waals surface area contributed by atoms with Crippen molar-refractivity contribution in [2.24, 2.45) is 7.05 Å². The van der Waals surface area contributed by atoms with Gasteiger partial charge in [-0.1, -0.05) is 11.3 Å². The summed E-state index contributed by atoms with van der Waals surface area (Å²) in [5.41, 5.74) is 3.62. The van der Waals surface area contributed by atoms with Gasteiger partial charge in [-0.15, -0.1) is 10.2 Å². The molecule has 0 amide bonds. The molecule has 0 fully saturated rings. The number of hydrogen-bond donors (Lipinski definition) is 1. The van der Waals surface area contributed by atoms with Gasteiger partial charge in [0.1, 0.15) is 5.51 Å². The highest BCUT2D eigenvalue weighted by Gasteiger charge is 2.04. The molecule has 0 saturated carbocycles. The Bertz CT molecular complexity index is 391. The second-order valence-electron chi connectivity index (χ2n) is 2.67. The Morgan fingerprint density at radius 2 is 2.38 bits per heavy atom. The summed E-state index contributed by atoms with van der Waals surface area (Å²) in [4.78, 5) is 0. The lowest BCUT2D eigenvalue weighted by atomic mass is 10.4. The lowest BCUT2D eigenvalue weighted by molar-refractivity contribution is 0.756. The smallest absolute Gasteiger partial charge is 0.209 e. The average Bonchev–Trinajstić information content (AvgIpc) is 2.63. The first-order valence-corrected chi connectivity index (χ1v) is 4.67. The molecule has 0 saturated heterocycles. The third-order valence-corrected chi connectivity index (χ3v) is 2.22. The SMILES string of the molecule is Cc1nn(C)cc1Nc1nncs1. The number of aromatic nitrogens is 4. The highest BCUT2D eigenvalue weighted by atomic mass is 32.1. The molecule has 68 valence electrons. The Labute approximate surface area is 79.4 Å². The summed E-state index contributed by atoms with van der Waals surface area (Å²) in [7, 11) is 1.89. The first-order valence-electron chi connectivity index (χ1n) is 3.79. The number of rotatable bonds is 2. The average molecular weight is 195 g/mol. The van der Waals surface area contributed by atoms with Gasteiger partial charge in [0.05, 0.1) is 11.4 Å². The normalized spacial score (nSPS) is 10.3. The van der Waals surface area contributed by atoms with Gasteiger partial charge in [-0.3, -0.25) is 4.68 Å². The maximum atomic E-state index is 4.20. The van der Waals surface area contributed by atoms with Crippen LogP contribution in [0.1, 0.15) is 5.69 Å². The molecule has 2 rings (SSSR count). The predicted molar refractivity (Wildman–Crippen MR) is 51.1 cm³/mol. The van der Waals surface area contributed by atoms with E-state index in [4.69, 9.17) is 0 Å². The van der Waals surface area contributed by atoms with E-state index in [2.05, 4.69) is 20.6 Å². The van der Waals surface area contributed by atoms with Crippen LogP contribution >= 0.6 is 11.3 Å². The van der Waals surface area contributed by atoms with Crippen LogP contribution in [0.5, 0.6) is 0 Å². The second-order valence-corrected chi connectivity index (χ2v) is 3.50. The van der Waals surface area contributed by atoms with Gasteiger partial charge in [-0.2, -0.15) is 5.10 Å². The van der Waals surface area contributed by atoms with Crippen LogP contribution in [0.4, 0.5) is 10.8 Å². The zero-order chi connectivity index (χ0) is 9.26. The summed E-state index contributed by atoms with van der Waals surface area (Å²) < 4.78 is 1.76. The number of nitrogens with zero attached hydrogens (tertiary/aromatic N) is 4. The molecule has 0 aromatic carbocycles. The molecule has 2 aromatic heterocycles. The minimum atomic E-state index is 0.788. The molecule has 0 aliphatic rings. The molecule has 2 heterocycles. The van der Waals surface area contributed by atoms with E-state index >= 15 is 0 Å². The molecule has 0 unspecified atom stereocenters. The van der Waals surface area contributed by atoms with Gasteiger partial charge in [0, 0.05) is 13.2 Å². The summed E-state index contributed by atoms with van der Waals surface area (Å²) in [6, 6.07) is 0. The van der Waals surface area contributed by atoms with Gasteiger partial charge in [-0.05, 0) is 6.92 Å². The zero-order valence-corrected chi connectivity index (χ0v) is 8.17. The van der Waals surface area contributed by atoms with Crippen LogP contribution in [0.15, 0.2) is 11.7 Å². The van der Waals surface area contributed by atoms with Crippen LogP contribution in [-0.2, 0) is 7.05 Å². The van der Waals surface area contributed by atoms with Crippen LogP contribution in [0.2, 0.25) is 0 Å². The first-order chi connectivity index (χ1) is 6.25. The molecule has 0 spiro atoms. The molecule has 13 heavy (non-hydrogen) atoms. The highest BCUT2D eigenvalue weighted by molar-refractivity contribution is 7.13. The Morgan fingerprint density at radius 3 is 2.92 bits per heavy atom. The molecule has 0 bridgehead atoms. The number of nitrogens with one attached hydrogen (secondary N) is 1. The summed E-state index contributed by atoms with van der Waals surface area (Å²) in [6.07, 6.45) is 1.91. The van der Waals surface area contributed by atoms with Gasteiger partial charge in [0.2, 0.25) is 5.13 Å². The Kier molecular flexibility index (Phi) is 1.97. The minimum absolute atomic E-state index is 0.788. The third-order valence-electron chi connectivity index (χ3n) is 1.62. The lowest BCUT2D eigenvalue weighted by Gasteiger charge is -1.96. The van der Waals surface area contributed by atoms with E-state index < -0.39 is 0 Å². The Hall–Kier alpha value is -1.43. The quantitative estimate of drug-likeness (QED) is 0.785. The van der Waals surface area contributed by atoms with Gasteiger partial charge < -0.3 is 5.32 Å². The fraction of sp³-hybridized carbons (Fsp3) is 0.286. The minimum Gasteiger partial charge on any atom is -0.327 e. The molecule has 1 N–H and O–H groups in total. The van der Waals surface area contributed by atoms with Crippen LogP contribution in [0.25, 0.3) is 0 Å². The number of hydrogen-bond acceptors (Lipinski definition) is 5. The van der Waals surface area contributed by atoms with E-state index in [0.29, 0.717) is 0 Å². The predicted octanol–water partition coefficient (Wildman–Crippen LogP) is 1.32. The standard InChI is InChI=1S/C7H9N5S/c1-5-6(3-12(2)11-5)9-7-10-8-4-13-7/h3-4H,1-2H3,(H,9,10). The Balaban J connectivity index is 2.23. The van der Waals surface area contributed by atoms with Crippen molar-refractivity contribution >= 4 is 22.2 Å². The van der Waals surface area contributed by atoms with Gasteiger partial charge >= 0.3 is 0 Å². The second kappa shape index (κ2) is 3.14. The van der Waals surface area contributed by atoms with Gasteiger partial charge in [0.15, 0.2) is 0 Å². The number of aryl methyl sites for hydroxylation is 2. The maximum Gasteiger partial charge on any atom is 0.209 e. The van der Waals surface area contributed by atoms with Gasteiger partial charge in [0.25, 0.3) is 0 Å². The van der Waals surface area contributed by atoms with Crippen molar-refractivity contribution in [2.45, 2.75) is 6.92 Å². The monoisotopic (exact) mass is 195 g/mol. The molecule has 0 atom stereocenters. The van der Waals surface area contributed by atoms with Crippen molar-refractivity contribution in [3.05, 3.63) is 17.4 Å². The topological polar surface area (TPSA) is 55.6 Å². The van der Waals surface area contributed by atoms with Crippen molar-refractivity contribution in [1.29, 1.82) is 0 Å². The molecular formula is C7H9N5S. The molecule has 5 nitrogen and oxygen atoms in total. The van der Waals surface area contributed by atoms with Crippen LogP contribution < -0.4 is 5.32 Å². The first kappa shape index (κ1) is 8.18. The van der Waals surface area contributed by atoms with E-state index in [9.17, 15) is 0 Å². The van der Waals surface area contributed by atoms with Crippen molar-refractivity contribution in [2.75, 3.05) is 5.32 Å². The Morgan fingerprint density at radius 1 is 1.54 bits per heavy atom. The summed E-state index contributed by atoms with van der Waals surface area (Å²) in [6.45, 7) is 1.95. The molecule has 2 aromatic rings. The lowest BCUT2D eigenvalue weighted by Crippen LogP contribution is -1.89. The van der Waals surface area contributed by atoms with E-state index in [1.165, 1.54) is 11.3 Å². The summed E-state index contributed by atoms with van der Waals surface area (Å²) >= 11 is 1.47. The molecular weight excluding hydrogens is 186 g/mol. The van der Waals surface area contributed by atoms with Crippen LogP contribution in [0.3, 0.4) is 0 Å². The van der Waals surface area contributed by atoms with E-state index in [1.807, 2.05) is 20.2 Å². The maximum absolute atomic E-state index is 4.20. The molecule has 0 aliphatic carbocycles. The highest BCUT2D eigenvalue weighted by Crippen LogP contribution is 2.19. The zero-order valence-electron chi connectivity index (χ0n) is 7.35. The fourth-order valence-electron chi connectivity index (χ4n) is 1.07. The van der Waals surface area contributed by atoms with Crippen molar-refractivity contribution in [3.63, 3.8) is 0 Å². The fourth-order valence-corrected chi connectivity index (χ4v) is 1.52. The third kappa shape index (κ3) is 1.67.